The van der Waals surface area contributed by atoms with E-state index in [-0.39, 0.29) is 17.7 Å². The average molecular weight is 295 g/mol. The molecule has 4 heteroatoms. The van der Waals surface area contributed by atoms with Crippen molar-refractivity contribution in [2.24, 2.45) is 0 Å². The molecular formula is C17H26FNO2. The van der Waals surface area contributed by atoms with Crippen LogP contribution in [0.2, 0.25) is 0 Å². The van der Waals surface area contributed by atoms with Gasteiger partial charge in [-0.05, 0) is 31.0 Å². The minimum Gasteiger partial charge on any atom is -0.489 e. The smallest absolute Gasteiger partial charge is 0.132 e. The molecule has 0 fully saturated rings. The molecule has 0 saturated carbocycles. The van der Waals surface area contributed by atoms with E-state index in [9.17, 15) is 9.18 Å². The number of carbonyl (C=O) groups is 1. The minimum absolute atomic E-state index is 0.0423. The lowest BCUT2D eigenvalue weighted by molar-refractivity contribution is -0.118. The van der Waals surface area contributed by atoms with Gasteiger partial charge < -0.3 is 10.1 Å². The summed E-state index contributed by atoms with van der Waals surface area (Å²) in [6.07, 6.45) is 1.49. The number of ketones is 1. The van der Waals surface area contributed by atoms with Crippen LogP contribution in [0.3, 0.4) is 0 Å². The molecule has 0 unspecified atom stereocenters. The van der Waals surface area contributed by atoms with E-state index in [1.54, 1.807) is 0 Å². The summed E-state index contributed by atoms with van der Waals surface area (Å²) in [4.78, 5) is 11.3. The summed E-state index contributed by atoms with van der Waals surface area (Å²) < 4.78 is 19.3. The maximum Gasteiger partial charge on any atom is 0.132 e. The van der Waals surface area contributed by atoms with E-state index in [1.165, 1.54) is 12.1 Å². The Kier molecular flexibility index (Phi) is 7.37. The number of halogens is 1. The first-order valence-electron chi connectivity index (χ1n) is 7.62. The fourth-order valence-electron chi connectivity index (χ4n) is 1.97. The van der Waals surface area contributed by atoms with Crippen LogP contribution in [0.5, 0.6) is 5.75 Å². The Morgan fingerprint density at radius 2 is 2.00 bits per heavy atom. The van der Waals surface area contributed by atoms with Gasteiger partial charge in [0, 0.05) is 31.5 Å². The lowest BCUT2D eigenvalue weighted by Gasteiger charge is -2.17. The summed E-state index contributed by atoms with van der Waals surface area (Å²) in [6.45, 7) is 8.62. The number of Topliss-reactive ketones (excluding diaryl/α,β-unsaturated/α-hetero) is 1. The second-order valence-electron chi connectivity index (χ2n) is 5.68. The zero-order chi connectivity index (χ0) is 15.8. The fraction of sp³-hybridized carbons (Fsp3) is 0.588. The molecule has 0 aliphatic rings. The first kappa shape index (κ1) is 17.6. The highest BCUT2D eigenvalue weighted by atomic mass is 19.1. The van der Waals surface area contributed by atoms with Crippen LogP contribution in [-0.2, 0) is 11.2 Å². The van der Waals surface area contributed by atoms with Crippen molar-refractivity contribution in [2.45, 2.75) is 59.1 Å². The lowest BCUT2D eigenvalue weighted by Crippen LogP contribution is -2.33. The fourth-order valence-corrected chi connectivity index (χ4v) is 1.97. The Balaban J connectivity index is 2.61. The standard InChI is InChI=1S/C17H26FNO2/c1-5-16(20)7-6-14-8-15(18)10-17(9-14)21-13(4)11-19-12(2)3/h8-10,12-13,19H,5-7,11H2,1-4H3/t13-/m0/s1. The van der Waals surface area contributed by atoms with Crippen molar-refractivity contribution in [1.29, 1.82) is 0 Å². The highest BCUT2D eigenvalue weighted by Crippen LogP contribution is 2.19. The minimum atomic E-state index is -0.324. The van der Waals surface area contributed by atoms with E-state index in [0.29, 0.717) is 37.6 Å². The van der Waals surface area contributed by atoms with Gasteiger partial charge in [-0.1, -0.05) is 20.8 Å². The summed E-state index contributed by atoms with van der Waals surface area (Å²) in [5.74, 6) is 0.388. The summed E-state index contributed by atoms with van der Waals surface area (Å²) in [7, 11) is 0. The number of ether oxygens (including phenoxy) is 1. The van der Waals surface area contributed by atoms with Gasteiger partial charge in [0.1, 0.15) is 23.5 Å². The molecule has 1 rings (SSSR count). The Bertz CT molecular complexity index is 460. The number of carbonyl (C=O) groups excluding carboxylic acids is 1. The molecule has 0 aliphatic heterocycles. The molecule has 118 valence electrons. The molecule has 0 aliphatic carbocycles. The molecule has 0 amide bonds. The van der Waals surface area contributed by atoms with E-state index in [1.807, 2.05) is 19.9 Å². The quantitative estimate of drug-likeness (QED) is 0.757. The predicted molar refractivity (Wildman–Crippen MR) is 83.2 cm³/mol. The topological polar surface area (TPSA) is 38.3 Å². The summed E-state index contributed by atoms with van der Waals surface area (Å²) >= 11 is 0. The Hall–Kier alpha value is -1.42. The molecule has 0 saturated heterocycles. The largest absolute Gasteiger partial charge is 0.489 e. The van der Waals surface area contributed by atoms with Gasteiger partial charge in [0.05, 0.1) is 0 Å². The van der Waals surface area contributed by atoms with Gasteiger partial charge in [0.2, 0.25) is 0 Å². The molecule has 1 aromatic rings. The molecule has 0 radical (unpaired) electrons. The van der Waals surface area contributed by atoms with E-state index in [2.05, 4.69) is 19.2 Å². The summed E-state index contributed by atoms with van der Waals surface area (Å²) in [6, 6.07) is 5.06. The molecule has 1 aromatic carbocycles. The number of nitrogens with one attached hydrogen (secondary N) is 1. The molecule has 0 aromatic heterocycles. The van der Waals surface area contributed by atoms with Crippen molar-refractivity contribution in [3.63, 3.8) is 0 Å². The predicted octanol–water partition coefficient (Wildman–Crippen LogP) is 3.50. The summed E-state index contributed by atoms with van der Waals surface area (Å²) in [5, 5.41) is 3.28. The number of hydrogen-bond acceptors (Lipinski definition) is 3. The first-order chi connectivity index (χ1) is 9.90. The zero-order valence-corrected chi connectivity index (χ0v) is 13.4. The molecule has 0 heterocycles. The van der Waals surface area contributed by atoms with Crippen molar-refractivity contribution in [3.05, 3.63) is 29.6 Å². The molecule has 3 nitrogen and oxygen atoms in total. The van der Waals surface area contributed by atoms with Gasteiger partial charge in [-0.3, -0.25) is 4.79 Å². The Morgan fingerprint density at radius 3 is 2.62 bits per heavy atom. The number of rotatable bonds is 9. The molecule has 0 bridgehead atoms. The monoisotopic (exact) mass is 295 g/mol. The van der Waals surface area contributed by atoms with Gasteiger partial charge >= 0.3 is 0 Å². The van der Waals surface area contributed by atoms with Crippen LogP contribution >= 0.6 is 0 Å². The van der Waals surface area contributed by atoms with Crippen molar-refractivity contribution < 1.29 is 13.9 Å². The van der Waals surface area contributed by atoms with Crippen LogP contribution in [-0.4, -0.2) is 24.5 Å². The third kappa shape index (κ3) is 7.23. The normalized spacial score (nSPS) is 12.5. The SMILES string of the molecule is CCC(=O)CCc1cc(F)cc(O[C@@H](C)CNC(C)C)c1. The van der Waals surface area contributed by atoms with Crippen molar-refractivity contribution >= 4 is 5.78 Å². The second-order valence-corrected chi connectivity index (χ2v) is 5.68. The van der Waals surface area contributed by atoms with E-state index in [0.717, 1.165) is 5.56 Å². The van der Waals surface area contributed by atoms with Crippen LogP contribution in [0, 0.1) is 5.82 Å². The maximum atomic E-state index is 13.6. The van der Waals surface area contributed by atoms with Gasteiger partial charge in [-0.15, -0.1) is 0 Å². The first-order valence-corrected chi connectivity index (χ1v) is 7.62. The Labute approximate surface area is 126 Å². The highest BCUT2D eigenvalue weighted by molar-refractivity contribution is 5.78. The van der Waals surface area contributed by atoms with E-state index < -0.39 is 0 Å². The van der Waals surface area contributed by atoms with Gasteiger partial charge in [0.15, 0.2) is 0 Å². The average Bonchev–Trinajstić information content (AvgIpc) is 2.42. The molecular weight excluding hydrogens is 269 g/mol. The number of hydrogen-bond donors (Lipinski definition) is 1. The van der Waals surface area contributed by atoms with Crippen LogP contribution in [0.15, 0.2) is 18.2 Å². The number of aryl methyl sites for hydroxylation is 1. The lowest BCUT2D eigenvalue weighted by atomic mass is 10.1. The van der Waals surface area contributed by atoms with Crippen LogP contribution in [0.25, 0.3) is 0 Å². The molecule has 1 N–H and O–H groups in total. The third-order valence-corrected chi connectivity index (χ3v) is 3.17. The summed E-state index contributed by atoms with van der Waals surface area (Å²) in [5.41, 5.74) is 0.802. The molecule has 1 atom stereocenters. The maximum absolute atomic E-state index is 13.6. The van der Waals surface area contributed by atoms with E-state index in [4.69, 9.17) is 4.74 Å². The van der Waals surface area contributed by atoms with E-state index >= 15 is 0 Å². The van der Waals surface area contributed by atoms with Crippen molar-refractivity contribution in [3.8, 4) is 5.75 Å². The second kappa shape index (κ2) is 8.78. The van der Waals surface area contributed by atoms with Crippen molar-refractivity contribution in [2.75, 3.05) is 6.54 Å². The van der Waals surface area contributed by atoms with Crippen LogP contribution < -0.4 is 10.1 Å². The van der Waals surface area contributed by atoms with Crippen LogP contribution in [0.1, 0.15) is 46.1 Å². The van der Waals surface area contributed by atoms with Crippen LogP contribution in [0.4, 0.5) is 4.39 Å². The third-order valence-electron chi connectivity index (χ3n) is 3.17. The Morgan fingerprint density at radius 1 is 1.29 bits per heavy atom. The molecule has 21 heavy (non-hydrogen) atoms. The number of benzene rings is 1. The van der Waals surface area contributed by atoms with Gasteiger partial charge in [-0.25, -0.2) is 4.39 Å². The van der Waals surface area contributed by atoms with Gasteiger partial charge in [0.25, 0.3) is 0 Å². The zero-order valence-electron chi connectivity index (χ0n) is 13.4. The molecule has 0 spiro atoms. The highest BCUT2D eigenvalue weighted by Gasteiger charge is 2.08. The van der Waals surface area contributed by atoms with Gasteiger partial charge in [-0.2, -0.15) is 0 Å². The van der Waals surface area contributed by atoms with Crippen molar-refractivity contribution in [1.82, 2.24) is 5.32 Å².